The summed E-state index contributed by atoms with van der Waals surface area (Å²) in [6.07, 6.45) is 4.79. The normalized spacial score (nSPS) is 20.8. The summed E-state index contributed by atoms with van der Waals surface area (Å²) in [5.41, 5.74) is 2.85. The average molecular weight is 353 g/mol. The van der Waals surface area contributed by atoms with E-state index in [4.69, 9.17) is 9.15 Å². The number of quaternary nitrogens is 1. The number of methoxy groups -OCH3 is 1. The van der Waals surface area contributed by atoms with Crippen LogP contribution in [0.4, 0.5) is 0 Å². The van der Waals surface area contributed by atoms with E-state index in [1.165, 1.54) is 29.7 Å². The fraction of sp³-hybridized carbons (Fsp3) is 0.381. The molecule has 1 unspecified atom stereocenters. The van der Waals surface area contributed by atoms with Crippen LogP contribution in [0.1, 0.15) is 37.3 Å². The number of likely N-dealkylation sites (tertiary alicyclic amines) is 1. The van der Waals surface area contributed by atoms with Crippen LogP contribution >= 0.6 is 0 Å². The highest BCUT2D eigenvalue weighted by atomic mass is 16.5. The summed E-state index contributed by atoms with van der Waals surface area (Å²) >= 11 is 0. The number of rotatable bonds is 4. The van der Waals surface area contributed by atoms with E-state index in [2.05, 4.69) is 12.1 Å². The monoisotopic (exact) mass is 353 g/mol. The maximum absolute atomic E-state index is 12.4. The van der Waals surface area contributed by atoms with E-state index in [9.17, 15) is 4.79 Å². The fourth-order valence-corrected chi connectivity index (χ4v) is 4.05. The van der Waals surface area contributed by atoms with Crippen molar-refractivity contribution < 1.29 is 14.1 Å². The molecule has 1 fully saturated rings. The topological polar surface area (TPSA) is 48.8 Å². The van der Waals surface area contributed by atoms with Crippen molar-refractivity contribution in [2.24, 2.45) is 0 Å². The number of fused-ring (bicyclic) bond motifs is 1. The molecule has 4 rings (SSSR count). The quantitative estimate of drug-likeness (QED) is 0.785. The second-order valence-electron chi connectivity index (χ2n) is 7.01. The van der Waals surface area contributed by atoms with Crippen molar-refractivity contribution in [1.82, 2.24) is 4.57 Å². The molecular weight excluding hydrogens is 328 g/mol. The number of hydrogen-bond acceptors (Lipinski definition) is 3. The second kappa shape index (κ2) is 7.38. The number of ether oxygens (including phenoxy) is 1. The van der Waals surface area contributed by atoms with Gasteiger partial charge in [0, 0.05) is 12.0 Å². The van der Waals surface area contributed by atoms with Gasteiger partial charge in [-0.2, -0.15) is 0 Å². The average Bonchev–Trinajstić information content (AvgIpc) is 2.83. The molecule has 0 radical (unpaired) electrons. The minimum atomic E-state index is -0.267. The first kappa shape index (κ1) is 16.9. The zero-order valence-electron chi connectivity index (χ0n) is 15.1. The van der Waals surface area contributed by atoms with Gasteiger partial charge in [-0.1, -0.05) is 12.1 Å². The van der Waals surface area contributed by atoms with Crippen LogP contribution in [-0.4, -0.2) is 18.2 Å². The van der Waals surface area contributed by atoms with E-state index in [0.717, 1.165) is 24.2 Å². The molecule has 0 amide bonds. The molecule has 3 aromatic rings. The first-order chi connectivity index (χ1) is 12.8. The van der Waals surface area contributed by atoms with Crippen LogP contribution in [0.5, 0.6) is 5.75 Å². The summed E-state index contributed by atoms with van der Waals surface area (Å²) in [5.74, 6) is 0.609. The van der Waals surface area contributed by atoms with E-state index in [-0.39, 0.29) is 5.76 Å². The predicted molar refractivity (Wildman–Crippen MR) is 101 cm³/mol. The smallest absolute Gasteiger partial charge is 0.424 e. The lowest BCUT2D eigenvalue weighted by Gasteiger charge is -2.27. The molecule has 0 spiro atoms. The van der Waals surface area contributed by atoms with Crippen LogP contribution in [0.3, 0.4) is 0 Å². The van der Waals surface area contributed by atoms with E-state index in [0.29, 0.717) is 18.3 Å². The Morgan fingerprint density at radius 3 is 2.73 bits per heavy atom. The van der Waals surface area contributed by atoms with Crippen LogP contribution in [0.2, 0.25) is 0 Å². The number of para-hydroxylation sites is 2. The first-order valence-corrected chi connectivity index (χ1v) is 9.33. The van der Waals surface area contributed by atoms with Crippen LogP contribution in [0.15, 0.2) is 57.7 Å². The molecule has 5 nitrogen and oxygen atoms in total. The van der Waals surface area contributed by atoms with Gasteiger partial charge in [0.1, 0.15) is 11.8 Å². The van der Waals surface area contributed by atoms with Gasteiger partial charge in [0.05, 0.1) is 19.2 Å². The van der Waals surface area contributed by atoms with Gasteiger partial charge in [-0.15, -0.1) is 0 Å². The predicted octanol–water partition coefficient (Wildman–Crippen LogP) is 2.76. The zero-order chi connectivity index (χ0) is 17.9. The van der Waals surface area contributed by atoms with Gasteiger partial charge in [0.15, 0.2) is 12.3 Å². The maximum Gasteiger partial charge on any atom is 0.424 e. The van der Waals surface area contributed by atoms with Gasteiger partial charge < -0.3 is 14.1 Å². The highest BCUT2D eigenvalue weighted by molar-refractivity contribution is 5.72. The molecule has 1 aromatic heterocycles. The molecule has 2 atom stereocenters. The Hall–Kier alpha value is -2.53. The third-order valence-electron chi connectivity index (χ3n) is 5.44. The summed E-state index contributed by atoms with van der Waals surface area (Å²) in [4.78, 5) is 13.8. The van der Waals surface area contributed by atoms with Crippen molar-refractivity contribution in [3.63, 3.8) is 0 Å². The van der Waals surface area contributed by atoms with Crippen molar-refractivity contribution in [1.29, 1.82) is 0 Å². The lowest BCUT2D eigenvalue weighted by molar-refractivity contribution is -0.952. The molecule has 1 aliphatic heterocycles. The minimum absolute atomic E-state index is 0.267. The fourth-order valence-electron chi connectivity index (χ4n) is 4.05. The Morgan fingerprint density at radius 1 is 1.12 bits per heavy atom. The van der Waals surface area contributed by atoms with Gasteiger partial charge >= 0.3 is 5.76 Å². The Bertz CT molecular complexity index is 926. The number of nitrogens with zero attached hydrogens (tertiary/aromatic N) is 1. The molecule has 26 heavy (non-hydrogen) atoms. The van der Waals surface area contributed by atoms with Crippen LogP contribution in [0, 0.1) is 0 Å². The Labute approximate surface area is 152 Å². The first-order valence-electron chi connectivity index (χ1n) is 9.33. The van der Waals surface area contributed by atoms with Crippen molar-refractivity contribution >= 4 is 11.1 Å². The Morgan fingerprint density at radius 2 is 1.92 bits per heavy atom. The second-order valence-corrected chi connectivity index (χ2v) is 7.01. The third-order valence-corrected chi connectivity index (χ3v) is 5.44. The zero-order valence-corrected chi connectivity index (χ0v) is 15.1. The van der Waals surface area contributed by atoms with E-state index in [1.54, 1.807) is 11.7 Å². The van der Waals surface area contributed by atoms with Crippen molar-refractivity contribution in [3.8, 4) is 5.75 Å². The maximum atomic E-state index is 12.4. The van der Waals surface area contributed by atoms with Gasteiger partial charge in [-0.25, -0.2) is 9.36 Å². The molecule has 5 heteroatoms. The molecule has 0 aliphatic carbocycles. The van der Waals surface area contributed by atoms with Crippen molar-refractivity contribution in [2.45, 2.75) is 38.4 Å². The third kappa shape index (κ3) is 3.27. The molecule has 1 N–H and O–H groups in total. The standard InChI is InChI=1S/C21H24N2O3/c1-25-17-12-10-16(11-13-17)18-7-3-2-6-14-22(18)15-23-19-8-4-5-9-20(19)26-21(23)24/h4-5,8-13,18H,2-3,6-7,14-15H2,1H3/p+1/t18-/m1/s1. The van der Waals surface area contributed by atoms with E-state index in [1.807, 2.05) is 36.4 Å². The van der Waals surface area contributed by atoms with E-state index >= 15 is 0 Å². The molecule has 2 heterocycles. The van der Waals surface area contributed by atoms with Gasteiger partial charge in [0.2, 0.25) is 0 Å². The lowest BCUT2D eigenvalue weighted by Crippen LogP contribution is -3.11. The molecule has 1 saturated heterocycles. The number of hydrogen-bond donors (Lipinski definition) is 1. The van der Waals surface area contributed by atoms with Crippen molar-refractivity contribution in [2.75, 3.05) is 13.7 Å². The van der Waals surface area contributed by atoms with Crippen LogP contribution in [-0.2, 0) is 6.67 Å². The number of benzene rings is 2. The van der Waals surface area contributed by atoms with Crippen LogP contribution in [0.25, 0.3) is 11.1 Å². The lowest BCUT2D eigenvalue weighted by atomic mass is 10.0. The van der Waals surface area contributed by atoms with Gasteiger partial charge in [-0.05, 0) is 55.7 Å². The molecule has 2 aromatic carbocycles. The van der Waals surface area contributed by atoms with Crippen LogP contribution < -0.4 is 15.4 Å². The SMILES string of the molecule is COc1ccc([C@H]2CCCCC[NH+]2Cn2c(=O)oc3ccccc32)cc1. The summed E-state index contributed by atoms with van der Waals surface area (Å²) < 4.78 is 12.5. The molecular formula is C21H25N2O3+. The van der Waals surface area contributed by atoms with Crippen molar-refractivity contribution in [3.05, 3.63) is 64.6 Å². The molecule has 0 saturated carbocycles. The highest BCUT2D eigenvalue weighted by Crippen LogP contribution is 2.22. The van der Waals surface area contributed by atoms with E-state index < -0.39 is 0 Å². The summed E-state index contributed by atoms with van der Waals surface area (Å²) in [6.45, 7) is 1.69. The largest absolute Gasteiger partial charge is 0.497 e. The Kier molecular flexibility index (Phi) is 4.80. The molecule has 0 bridgehead atoms. The summed E-state index contributed by atoms with van der Waals surface area (Å²) in [7, 11) is 1.69. The minimum Gasteiger partial charge on any atom is -0.497 e. The summed E-state index contributed by atoms with van der Waals surface area (Å²) in [6, 6.07) is 16.4. The highest BCUT2D eigenvalue weighted by Gasteiger charge is 2.27. The van der Waals surface area contributed by atoms with Gasteiger partial charge in [0.25, 0.3) is 0 Å². The molecule has 1 aliphatic rings. The molecule has 136 valence electrons. The number of nitrogens with one attached hydrogen (secondary N) is 1. The summed E-state index contributed by atoms with van der Waals surface area (Å²) in [5, 5.41) is 0. The Balaban J connectivity index is 1.66. The number of oxazole rings is 1. The van der Waals surface area contributed by atoms with Gasteiger partial charge in [-0.3, -0.25) is 0 Å². The number of aromatic nitrogens is 1.